The van der Waals surface area contributed by atoms with Crippen LogP contribution in [0.4, 0.5) is 0 Å². The summed E-state index contributed by atoms with van der Waals surface area (Å²) >= 11 is 3.38. The van der Waals surface area contributed by atoms with E-state index in [1.807, 2.05) is 6.07 Å². The second-order valence-corrected chi connectivity index (χ2v) is 4.65. The summed E-state index contributed by atoms with van der Waals surface area (Å²) in [5.41, 5.74) is 2.09. The van der Waals surface area contributed by atoms with Gasteiger partial charge in [0.2, 0.25) is 0 Å². The second-order valence-electron chi connectivity index (χ2n) is 3.73. The number of hydrogen-bond acceptors (Lipinski definition) is 3. The summed E-state index contributed by atoms with van der Waals surface area (Å²) < 4.78 is 6.10. The molecule has 0 aromatic heterocycles. The molecule has 0 amide bonds. The number of carbonyl (C=O) groups excluding carboxylic acids is 1. The van der Waals surface area contributed by atoms with E-state index in [0.29, 0.717) is 11.3 Å². The van der Waals surface area contributed by atoms with Crippen LogP contribution in [0.3, 0.4) is 0 Å². The van der Waals surface area contributed by atoms with Crippen molar-refractivity contribution < 1.29 is 14.6 Å². The lowest BCUT2D eigenvalue weighted by atomic mass is 9.99. The van der Waals surface area contributed by atoms with Gasteiger partial charge in [-0.05, 0) is 35.9 Å². The molecule has 0 aliphatic rings. The van der Waals surface area contributed by atoms with Crippen molar-refractivity contribution in [3.05, 3.63) is 46.4 Å². The minimum Gasteiger partial charge on any atom is -0.508 e. The highest BCUT2D eigenvalue weighted by atomic mass is 79.9. The Morgan fingerprint density at radius 1 is 1.17 bits per heavy atom. The summed E-state index contributed by atoms with van der Waals surface area (Å²) in [6, 6.07) is 10.2. The second kappa shape index (κ2) is 5.23. The first-order valence-electron chi connectivity index (χ1n) is 5.28. The molecule has 0 saturated heterocycles. The van der Waals surface area contributed by atoms with Crippen LogP contribution in [-0.2, 0) is 0 Å². The highest BCUT2D eigenvalue weighted by molar-refractivity contribution is 9.10. The predicted molar refractivity (Wildman–Crippen MR) is 73.2 cm³/mol. The fraction of sp³-hybridized carbons (Fsp3) is 0.0714. The summed E-state index contributed by atoms with van der Waals surface area (Å²) in [6.45, 7) is 0. The van der Waals surface area contributed by atoms with Crippen molar-refractivity contribution in [1.82, 2.24) is 0 Å². The summed E-state index contributed by atoms with van der Waals surface area (Å²) in [4.78, 5) is 11.1. The monoisotopic (exact) mass is 306 g/mol. The van der Waals surface area contributed by atoms with Crippen LogP contribution in [0, 0.1) is 0 Å². The van der Waals surface area contributed by atoms with Gasteiger partial charge in [-0.15, -0.1) is 0 Å². The van der Waals surface area contributed by atoms with Crippen LogP contribution in [0.5, 0.6) is 11.5 Å². The van der Waals surface area contributed by atoms with Crippen LogP contribution < -0.4 is 4.74 Å². The quantitative estimate of drug-likeness (QED) is 0.881. The van der Waals surface area contributed by atoms with Crippen LogP contribution in [0.1, 0.15) is 10.4 Å². The molecule has 0 atom stereocenters. The molecule has 0 aliphatic carbocycles. The van der Waals surface area contributed by atoms with E-state index >= 15 is 0 Å². The number of ether oxygens (including phenoxy) is 1. The molecule has 1 N–H and O–H groups in total. The van der Waals surface area contributed by atoms with E-state index in [4.69, 9.17) is 4.74 Å². The van der Waals surface area contributed by atoms with Gasteiger partial charge < -0.3 is 9.84 Å². The summed E-state index contributed by atoms with van der Waals surface area (Å²) in [7, 11) is 1.52. The molecule has 92 valence electrons. The molecule has 2 aromatic rings. The van der Waals surface area contributed by atoms with E-state index in [9.17, 15) is 9.90 Å². The summed E-state index contributed by atoms with van der Waals surface area (Å²) in [5, 5.41) is 9.44. The molecule has 0 heterocycles. The van der Waals surface area contributed by atoms with E-state index in [1.54, 1.807) is 24.3 Å². The number of phenols is 1. The molecular weight excluding hydrogens is 296 g/mol. The van der Waals surface area contributed by atoms with Crippen molar-refractivity contribution >= 4 is 22.2 Å². The molecule has 3 nitrogen and oxygen atoms in total. The van der Waals surface area contributed by atoms with Gasteiger partial charge in [0.05, 0.1) is 7.11 Å². The average molecular weight is 307 g/mol. The minimum atomic E-state index is 0.123. The summed E-state index contributed by atoms with van der Waals surface area (Å²) in [5.74, 6) is 0.648. The highest BCUT2D eigenvalue weighted by Gasteiger charge is 2.11. The number of phenolic OH excluding ortho intramolecular Hbond substituents is 1. The molecule has 2 rings (SSSR count). The van der Waals surface area contributed by atoms with Crippen molar-refractivity contribution in [1.29, 1.82) is 0 Å². The first-order chi connectivity index (χ1) is 8.65. The van der Waals surface area contributed by atoms with Gasteiger partial charge in [-0.25, -0.2) is 0 Å². The van der Waals surface area contributed by atoms with Crippen LogP contribution in [0.2, 0.25) is 0 Å². The molecule has 0 fully saturated rings. The number of aldehydes is 1. The zero-order valence-electron chi connectivity index (χ0n) is 9.68. The fourth-order valence-electron chi connectivity index (χ4n) is 1.77. The van der Waals surface area contributed by atoms with Gasteiger partial charge in [0.1, 0.15) is 11.5 Å². The Hall–Kier alpha value is -1.81. The van der Waals surface area contributed by atoms with Gasteiger partial charge >= 0.3 is 0 Å². The Balaban J connectivity index is 2.67. The topological polar surface area (TPSA) is 46.5 Å². The van der Waals surface area contributed by atoms with Crippen molar-refractivity contribution in [2.75, 3.05) is 7.11 Å². The van der Waals surface area contributed by atoms with Gasteiger partial charge in [0.15, 0.2) is 6.29 Å². The maximum absolute atomic E-state index is 11.1. The Morgan fingerprint density at radius 3 is 2.61 bits per heavy atom. The first-order valence-corrected chi connectivity index (χ1v) is 6.07. The zero-order chi connectivity index (χ0) is 13.1. The fourth-order valence-corrected chi connectivity index (χ4v) is 2.13. The average Bonchev–Trinajstić information content (AvgIpc) is 2.38. The number of rotatable bonds is 3. The zero-order valence-corrected chi connectivity index (χ0v) is 11.3. The third kappa shape index (κ3) is 2.38. The molecule has 2 aromatic carbocycles. The van der Waals surface area contributed by atoms with E-state index in [-0.39, 0.29) is 5.75 Å². The predicted octanol–water partition coefficient (Wildman–Crippen LogP) is 3.64. The maximum atomic E-state index is 11.1. The Morgan fingerprint density at radius 2 is 1.94 bits per heavy atom. The van der Waals surface area contributed by atoms with Crippen molar-refractivity contribution in [2.45, 2.75) is 0 Å². The Bertz CT molecular complexity index is 594. The molecule has 0 radical (unpaired) electrons. The van der Waals surface area contributed by atoms with E-state index in [1.165, 1.54) is 13.2 Å². The number of halogens is 1. The van der Waals surface area contributed by atoms with Crippen LogP contribution in [0.25, 0.3) is 11.1 Å². The third-order valence-corrected chi connectivity index (χ3v) is 3.11. The van der Waals surface area contributed by atoms with Gasteiger partial charge in [-0.1, -0.05) is 15.9 Å². The van der Waals surface area contributed by atoms with Crippen molar-refractivity contribution in [3.63, 3.8) is 0 Å². The van der Waals surface area contributed by atoms with E-state index in [0.717, 1.165) is 21.9 Å². The largest absolute Gasteiger partial charge is 0.508 e. The molecule has 18 heavy (non-hydrogen) atoms. The van der Waals surface area contributed by atoms with Gasteiger partial charge in [-0.2, -0.15) is 0 Å². The lowest BCUT2D eigenvalue weighted by molar-refractivity contribution is 0.112. The highest BCUT2D eigenvalue weighted by Crippen LogP contribution is 2.35. The Kier molecular flexibility index (Phi) is 3.67. The number of aromatic hydroxyl groups is 1. The summed E-state index contributed by atoms with van der Waals surface area (Å²) in [6.07, 6.45) is 0.800. The van der Waals surface area contributed by atoms with Crippen LogP contribution in [-0.4, -0.2) is 18.5 Å². The van der Waals surface area contributed by atoms with Crippen molar-refractivity contribution in [2.24, 2.45) is 0 Å². The smallest absolute Gasteiger partial charge is 0.150 e. The van der Waals surface area contributed by atoms with Crippen molar-refractivity contribution in [3.8, 4) is 22.6 Å². The third-order valence-electron chi connectivity index (χ3n) is 2.62. The first kappa shape index (κ1) is 12.6. The van der Waals surface area contributed by atoms with Gasteiger partial charge in [0, 0.05) is 21.7 Å². The normalized spacial score (nSPS) is 10.1. The molecular formula is C14H11BrO3. The molecule has 0 bridgehead atoms. The number of carbonyl (C=O) groups is 1. The van der Waals surface area contributed by atoms with E-state index < -0.39 is 0 Å². The lowest BCUT2D eigenvalue weighted by Gasteiger charge is -2.11. The number of hydrogen-bond donors (Lipinski definition) is 1. The van der Waals surface area contributed by atoms with Crippen LogP contribution >= 0.6 is 15.9 Å². The minimum absolute atomic E-state index is 0.123. The van der Waals surface area contributed by atoms with E-state index in [2.05, 4.69) is 15.9 Å². The molecule has 0 spiro atoms. The Labute approximate surface area is 113 Å². The number of benzene rings is 2. The standard InChI is InChI=1S/C14H11BrO3/c1-18-14-7-11(17)4-5-12(14)13-6-10(15)3-2-9(13)8-16/h2-8,17H,1H3. The lowest BCUT2D eigenvalue weighted by Crippen LogP contribution is -1.92. The molecule has 4 heteroatoms. The number of methoxy groups -OCH3 is 1. The van der Waals surface area contributed by atoms with Gasteiger partial charge in [0.25, 0.3) is 0 Å². The van der Waals surface area contributed by atoms with Crippen LogP contribution in [0.15, 0.2) is 40.9 Å². The molecule has 0 unspecified atom stereocenters. The van der Waals surface area contributed by atoms with Gasteiger partial charge in [-0.3, -0.25) is 4.79 Å². The molecule has 0 aliphatic heterocycles. The molecule has 0 saturated carbocycles. The maximum Gasteiger partial charge on any atom is 0.150 e. The SMILES string of the molecule is COc1cc(O)ccc1-c1cc(Br)ccc1C=O.